The molecule has 0 radical (unpaired) electrons. The SMILES string of the molecule is COc1c(COc2ccc(N)cc2)cc(N2CCC(=O)NC2=O)cc1C(C)(C)C. The number of urea groups is 1. The lowest BCUT2D eigenvalue weighted by molar-refractivity contribution is -0.120. The number of nitrogens with one attached hydrogen (secondary N) is 1. The largest absolute Gasteiger partial charge is 0.496 e. The van der Waals surface area contributed by atoms with Crippen molar-refractivity contribution in [2.24, 2.45) is 0 Å². The molecule has 3 amide bonds. The summed E-state index contributed by atoms with van der Waals surface area (Å²) in [6, 6.07) is 10.6. The molecule has 1 fully saturated rings. The number of amides is 3. The first kappa shape index (κ1) is 20.5. The minimum Gasteiger partial charge on any atom is -0.496 e. The smallest absolute Gasteiger partial charge is 0.328 e. The quantitative estimate of drug-likeness (QED) is 0.752. The van der Waals surface area contributed by atoms with E-state index in [1.165, 1.54) is 0 Å². The molecule has 0 aliphatic carbocycles. The van der Waals surface area contributed by atoms with Crippen molar-refractivity contribution in [3.8, 4) is 11.5 Å². The van der Waals surface area contributed by atoms with Crippen molar-refractivity contribution < 1.29 is 19.1 Å². The van der Waals surface area contributed by atoms with Gasteiger partial charge in [0.2, 0.25) is 5.91 Å². The normalized spacial score (nSPS) is 14.6. The summed E-state index contributed by atoms with van der Waals surface area (Å²) < 4.78 is 11.7. The van der Waals surface area contributed by atoms with E-state index in [2.05, 4.69) is 26.1 Å². The summed E-state index contributed by atoms with van der Waals surface area (Å²) in [5.74, 6) is 1.15. The Kier molecular flexibility index (Phi) is 5.68. The zero-order chi connectivity index (χ0) is 21.2. The molecule has 3 rings (SSSR count). The lowest BCUT2D eigenvalue weighted by atomic mass is 9.84. The first-order valence-corrected chi connectivity index (χ1v) is 9.50. The van der Waals surface area contributed by atoms with Crippen LogP contribution in [0.15, 0.2) is 36.4 Å². The molecule has 3 N–H and O–H groups in total. The van der Waals surface area contributed by atoms with Crippen molar-refractivity contribution in [1.29, 1.82) is 0 Å². The first-order chi connectivity index (χ1) is 13.7. The van der Waals surface area contributed by atoms with Crippen molar-refractivity contribution in [2.75, 3.05) is 24.3 Å². The van der Waals surface area contributed by atoms with Crippen LogP contribution in [-0.4, -0.2) is 25.6 Å². The number of rotatable bonds is 5. The highest BCUT2D eigenvalue weighted by Gasteiger charge is 2.28. The monoisotopic (exact) mass is 397 g/mol. The van der Waals surface area contributed by atoms with Gasteiger partial charge in [-0.15, -0.1) is 0 Å². The van der Waals surface area contributed by atoms with Gasteiger partial charge in [0.25, 0.3) is 0 Å². The van der Waals surface area contributed by atoms with Crippen LogP contribution in [0, 0.1) is 0 Å². The van der Waals surface area contributed by atoms with Crippen LogP contribution >= 0.6 is 0 Å². The number of benzene rings is 2. The molecule has 0 bridgehead atoms. The minimum atomic E-state index is -0.420. The fourth-order valence-corrected chi connectivity index (χ4v) is 3.27. The highest BCUT2D eigenvalue weighted by molar-refractivity contribution is 6.05. The van der Waals surface area contributed by atoms with Crippen molar-refractivity contribution in [3.63, 3.8) is 0 Å². The van der Waals surface area contributed by atoms with E-state index in [0.29, 0.717) is 23.7 Å². The van der Waals surface area contributed by atoms with Crippen LogP contribution in [0.1, 0.15) is 38.3 Å². The van der Waals surface area contributed by atoms with Crippen LogP contribution in [-0.2, 0) is 16.8 Å². The molecule has 2 aromatic rings. The Bertz CT molecular complexity index is 917. The van der Waals surface area contributed by atoms with E-state index in [1.807, 2.05) is 12.1 Å². The van der Waals surface area contributed by atoms with E-state index in [9.17, 15) is 9.59 Å². The topological polar surface area (TPSA) is 93.9 Å². The van der Waals surface area contributed by atoms with E-state index in [0.717, 1.165) is 16.9 Å². The van der Waals surface area contributed by atoms with Crippen molar-refractivity contribution in [1.82, 2.24) is 5.32 Å². The number of nitrogens with zero attached hydrogens (tertiary/aromatic N) is 1. The second-order valence-corrected chi connectivity index (χ2v) is 8.05. The Morgan fingerprint density at radius 3 is 2.41 bits per heavy atom. The van der Waals surface area contributed by atoms with Crippen LogP contribution in [0.3, 0.4) is 0 Å². The van der Waals surface area contributed by atoms with Gasteiger partial charge in [-0.1, -0.05) is 20.8 Å². The first-order valence-electron chi connectivity index (χ1n) is 9.50. The maximum absolute atomic E-state index is 12.4. The molecule has 1 saturated heterocycles. The maximum Gasteiger partial charge on any atom is 0.328 e. The second-order valence-electron chi connectivity index (χ2n) is 8.05. The van der Waals surface area contributed by atoms with Crippen LogP contribution in [0.4, 0.5) is 16.2 Å². The van der Waals surface area contributed by atoms with Gasteiger partial charge in [-0.3, -0.25) is 15.0 Å². The molecule has 1 heterocycles. The third-order valence-corrected chi connectivity index (χ3v) is 4.80. The summed E-state index contributed by atoms with van der Waals surface area (Å²) in [5, 5.41) is 2.37. The number of hydrogen-bond acceptors (Lipinski definition) is 5. The lowest BCUT2D eigenvalue weighted by Gasteiger charge is -2.30. The summed E-state index contributed by atoms with van der Waals surface area (Å²) >= 11 is 0. The molecular weight excluding hydrogens is 370 g/mol. The third-order valence-electron chi connectivity index (χ3n) is 4.80. The standard InChI is InChI=1S/C22H27N3O4/c1-22(2,3)18-12-16(25-10-9-19(26)24-21(25)27)11-14(20(18)28-4)13-29-17-7-5-15(23)6-8-17/h5-8,11-12H,9-10,13,23H2,1-4H3,(H,24,26,27). The summed E-state index contributed by atoms with van der Waals surface area (Å²) in [6.07, 6.45) is 0.264. The molecule has 0 unspecified atom stereocenters. The zero-order valence-corrected chi connectivity index (χ0v) is 17.2. The second kappa shape index (κ2) is 8.03. The average molecular weight is 397 g/mol. The molecule has 1 aliphatic rings. The third kappa shape index (κ3) is 4.62. The molecule has 0 aromatic heterocycles. The highest BCUT2D eigenvalue weighted by atomic mass is 16.5. The predicted molar refractivity (Wildman–Crippen MR) is 112 cm³/mol. The fraction of sp³-hybridized carbons (Fsp3) is 0.364. The summed E-state index contributed by atoms with van der Waals surface area (Å²) in [5.41, 5.74) is 8.65. The molecule has 0 spiro atoms. The Balaban J connectivity index is 1.99. The number of hydrogen-bond donors (Lipinski definition) is 2. The molecule has 154 valence electrons. The van der Waals surface area contributed by atoms with Gasteiger partial charge in [0.1, 0.15) is 18.1 Å². The molecule has 2 aromatic carbocycles. The minimum absolute atomic E-state index is 0.223. The van der Waals surface area contributed by atoms with Crippen molar-refractivity contribution in [2.45, 2.75) is 39.2 Å². The number of imide groups is 1. The van der Waals surface area contributed by atoms with Gasteiger partial charge in [0.05, 0.1) is 7.11 Å². The molecule has 0 atom stereocenters. The number of nitrogens with two attached hydrogens (primary N) is 1. The van der Waals surface area contributed by atoms with E-state index in [1.54, 1.807) is 36.3 Å². The average Bonchev–Trinajstić information content (AvgIpc) is 2.66. The number of nitrogen functional groups attached to an aromatic ring is 1. The Morgan fingerprint density at radius 1 is 1.14 bits per heavy atom. The number of ether oxygens (including phenoxy) is 2. The van der Waals surface area contributed by atoms with Gasteiger partial charge in [-0.2, -0.15) is 0 Å². The molecule has 1 aliphatic heterocycles. The number of carbonyl (C=O) groups excluding carboxylic acids is 2. The molecule has 7 heteroatoms. The molecular formula is C22H27N3O4. The number of anilines is 2. The number of carbonyl (C=O) groups is 2. The van der Waals surface area contributed by atoms with Crippen LogP contribution in [0.5, 0.6) is 11.5 Å². The van der Waals surface area contributed by atoms with Crippen LogP contribution < -0.4 is 25.4 Å². The van der Waals surface area contributed by atoms with Gasteiger partial charge < -0.3 is 15.2 Å². The summed E-state index contributed by atoms with van der Waals surface area (Å²) in [6.45, 7) is 6.84. The summed E-state index contributed by atoms with van der Waals surface area (Å²) in [4.78, 5) is 25.5. The van der Waals surface area contributed by atoms with Gasteiger partial charge in [0, 0.05) is 35.5 Å². The molecule has 0 saturated carbocycles. The van der Waals surface area contributed by atoms with Gasteiger partial charge in [0.15, 0.2) is 0 Å². The van der Waals surface area contributed by atoms with Crippen LogP contribution in [0.2, 0.25) is 0 Å². The van der Waals surface area contributed by atoms with E-state index >= 15 is 0 Å². The van der Waals surface area contributed by atoms with Crippen molar-refractivity contribution >= 4 is 23.3 Å². The fourth-order valence-electron chi connectivity index (χ4n) is 3.27. The summed E-state index contributed by atoms with van der Waals surface area (Å²) in [7, 11) is 1.63. The molecule has 29 heavy (non-hydrogen) atoms. The van der Waals surface area contributed by atoms with Crippen LogP contribution in [0.25, 0.3) is 0 Å². The highest BCUT2D eigenvalue weighted by Crippen LogP contribution is 2.38. The van der Waals surface area contributed by atoms with Gasteiger partial charge >= 0.3 is 6.03 Å². The van der Waals surface area contributed by atoms with Gasteiger partial charge in [-0.05, 0) is 41.8 Å². The van der Waals surface area contributed by atoms with Gasteiger partial charge in [-0.25, -0.2) is 4.79 Å². The lowest BCUT2D eigenvalue weighted by Crippen LogP contribution is -2.49. The zero-order valence-electron chi connectivity index (χ0n) is 17.2. The Morgan fingerprint density at radius 2 is 1.83 bits per heavy atom. The van der Waals surface area contributed by atoms with E-state index in [4.69, 9.17) is 15.2 Å². The maximum atomic E-state index is 12.4. The van der Waals surface area contributed by atoms with Crippen molar-refractivity contribution in [3.05, 3.63) is 47.5 Å². The Labute approximate surface area is 170 Å². The van der Waals surface area contributed by atoms with E-state index in [-0.39, 0.29) is 24.3 Å². The number of methoxy groups -OCH3 is 1. The van der Waals surface area contributed by atoms with E-state index < -0.39 is 6.03 Å². The Hall–Kier alpha value is -3.22. The molecule has 7 nitrogen and oxygen atoms in total. The predicted octanol–water partition coefficient (Wildman–Crippen LogP) is 3.60.